The normalized spacial score (nSPS) is 11.4. The predicted octanol–water partition coefficient (Wildman–Crippen LogP) is 3.86. The van der Waals surface area contributed by atoms with Crippen LogP contribution in [0.4, 0.5) is 0 Å². The molecule has 7 nitrogen and oxygen atoms in total. The number of fused-ring (bicyclic) bond motifs is 1. The van der Waals surface area contributed by atoms with Gasteiger partial charge in [-0.05, 0) is 6.08 Å². The number of carbonyl (C=O) groups is 1. The summed E-state index contributed by atoms with van der Waals surface area (Å²) >= 11 is 7.52. The Kier molecular flexibility index (Phi) is 4.51. The molecule has 0 saturated carbocycles. The summed E-state index contributed by atoms with van der Waals surface area (Å²) in [6.07, 6.45) is 4.66. The van der Waals surface area contributed by atoms with Crippen molar-refractivity contribution in [2.24, 2.45) is 0 Å². The molecule has 0 fully saturated rings. The average molecular weight is 387 g/mol. The number of hydrogen-bond acceptors (Lipinski definition) is 7. The number of benzene rings is 1. The van der Waals surface area contributed by atoms with Crippen molar-refractivity contribution in [3.63, 3.8) is 0 Å². The van der Waals surface area contributed by atoms with Gasteiger partial charge in [0.15, 0.2) is 16.7 Å². The number of carbonyl (C=O) groups excluding carboxylic acids is 1. The Balaban J connectivity index is 1.39. The molecule has 0 aliphatic rings. The highest BCUT2D eigenvalue weighted by atomic mass is 35.5. The minimum atomic E-state index is -0.550. The summed E-state index contributed by atoms with van der Waals surface area (Å²) in [5.74, 6) is 0.108. The molecule has 0 N–H and O–H groups in total. The third-order valence-electron chi connectivity index (χ3n) is 3.47. The minimum absolute atomic E-state index is 0.114. The van der Waals surface area contributed by atoms with E-state index >= 15 is 0 Å². The van der Waals surface area contributed by atoms with Crippen LogP contribution in [0.3, 0.4) is 0 Å². The van der Waals surface area contributed by atoms with Crippen LogP contribution in [0.2, 0.25) is 5.15 Å². The van der Waals surface area contributed by atoms with Gasteiger partial charge in [-0.15, -0.1) is 11.3 Å². The molecule has 0 spiro atoms. The van der Waals surface area contributed by atoms with Gasteiger partial charge in [0, 0.05) is 23.2 Å². The highest BCUT2D eigenvalue weighted by molar-refractivity contribution is 7.15. The Bertz CT molecular complexity index is 1080. The minimum Gasteiger partial charge on any atom is -0.452 e. The predicted molar refractivity (Wildman–Crippen MR) is 96.6 cm³/mol. The number of hydrogen-bond donors (Lipinski definition) is 0. The van der Waals surface area contributed by atoms with Crippen LogP contribution < -0.4 is 0 Å². The first-order valence-corrected chi connectivity index (χ1v) is 8.80. The van der Waals surface area contributed by atoms with E-state index in [4.69, 9.17) is 20.9 Å². The lowest BCUT2D eigenvalue weighted by atomic mass is 10.2. The number of nitrogens with zero attached hydrogens (tertiary/aromatic N) is 4. The average Bonchev–Trinajstić information content (AvgIpc) is 3.36. The fourth-order valence-electron chi connectivity index (χ4n) is 2.27. The van der Waals surface area contributed by atoms with E-state index in [1.54, 1.807) is 10.5 Å². The number of esters is 1. The molecule has 0 aliphatic heterocycles. The molecule has 0 unspecified atom stereocenters. The van der Waals surface area contributed by atoms with Crippen molar-refractivity contribution in [1.29, 1.82) is 0 Å². The molecule has 0 amide bonds. The second kappa shape index (κ2) is 7.11. The zero-order valence-electron chi connectivity index (χ0n) is 13.2. The van der Waals surface area contributed by atoms with Crippen molar-refractivity contribution in [2.75, 3.05) is 0 Å². The summed E-state index contributed by atoms with van der Waals surface area (Å²) in [5, 5.41) is 6.08. The molecule has 0 atom stereocenters. The van der Waals surface area contributed by atoms with Crippen LogP contribution in [0.25, 0.3) is 22.4 Å². The summed E-state index contributed by atoms with van der Waals surface area (Å²) in [6, 6.07) is 9.38. The van der Waals surface area contributed by atoms with Gasteiger partial charge in [-0.1, -0.05) is 47.1 Å². The van der Waals surface area contributed by atoms with E-state index in [2.05, 4.69) is 15.1 Å². The van der Waals surface area contributed by atoms with Gasteiger partial charge >= 0.3 is 5.97 Å². The lowest BCUT2D eigenvalue weighted by Gasteiger charge is -1.97. The lowest BCUT2D eigenvalue weighted by molar-refractivity contribution is -0.139. The van der Waals surface area contributed by atoms with Crippen LogP contribution in [-0.4, -0.2) is 25.5 Å². The van der Waals surface area contributed by atoms with E-state index in [0.29, 0.717) is 16.7 Å². The highest BCUT2D eigenvalue weighted by Gasteiger charge is 2.11. The molecule has 3 aromatic heterocycles. The zero-order chi connectivity index (χ0) is 17.9. The molecule has 4 rings (SSSR count). The number of imidazole rings is 1. The Morgan fingerprint density at radius 1 is 1.31 bits per heavy atom. The number of rotatable bonds is 5. The first-order valence-electron chi connectivity index (χ1n) is 7.54. The molecule has 4 aromatic rings. The maximum atomic E-state index is 11.9. The van der Waals surface area contributed by atoms with Gasteiger partial charge in [-0.3, -0.25) is 4.40 Å². The van der Waals surface area contributed by atoms with Gasteiger partial charge in [0.1, 0.15) is 0 Å². The summed E-state index contributed by atoms with van der Waals surface area (Å²) in [6.45, 7) is -0.114. The summed E-state index contributed by atoms with van der Waals surface area (Å²) in [7, 11) is 0. The van der Waals surface area contributed by atoms with Crippen molar-refractivity contribution in [2.45, 2.75) is 6.61 Å². The molecule has 9 heteroatoms. The summed E-state index contributed by atoms with van der Waals surface area (Å²) in [5.41, 5.74) is 1.44. The molecule has 3 heterocycles. The number of thiazole rings is 1. The van der Waals surface area contributed by atoms with Crippen LogP contribution in [0.15, 0.2) is 52.5 Å². The van der Waals surface area contributed by atoms with Crippen LogP contribution in [0.5, 0.6) is 0 Å². The third kappa shape index (κ3) is 3.37. The number of aromatic nitrogens is 4. The SMILES string of the molecule is O=C(/C=C/c1c(Cl)nc2sccn12)OCc1nc(-c2ccccc2)no1. The summed E-state index contributed by atoms with van der Waals surface area (Å²) < 4.78 is 12.0. The monoisotopic (exact) mass is 386 g/mol. The van der Waals surface area contributed by atoms with E-state index in [1.165, 1.54) is 17.4 Å². The van der Waals surface area contributed by atoms with Crippen LogP contribution in [0, 0.1) is 0 Å². The van der Waals surface area contributed by atoms with E-state index in [0.717, 1.165) is 10.5 Å². The quantitative estimate of drug-likeness (QED) is 0.382. The first-order chi connectivity index (χ1) is 12.7. The molecule has 0 saturated heterocycles. The van der Waals surface area contributed by atoms with Gasteiger partial charge in [-0.25, -0.2) is 9.78 Å². The number of ether oxygens (including phenoxy) is 1. The molecular formula is C17H11ClN4O3S. The molecule has 130 valence electrons. The van der Waals surface area contributed by atoms with Crippen LogP contribution in [0.1, 0.15) is 11.6 Å². The van der Waals surface area contributed by atoms with E-state index in [1.807, 2.05) is 41.9 Å². The Hall–Kier alpha value is -2.97. The van der Waals surface area contributed by atoms with Crippen molar-refractivity contribution in [3.05, 3.63) is 64.7 Å². The van der Waals surface area contributed by atoms with Crippen molar-refractivity contribution >= 4 is 39.9 Å². The van der Waals surface area contributed by atoms with E-state index < -0.39 is 5.97 Å². The standard InChI is InChI=1S/C17H11ClN4O3S/c18-15-12(22-8-9-26-17(22)20-15)6-7-14(23)24-10-13-19-16(21-25-13)11-4-2-1-3-5-11/h1-9H,10H2/b7-6+. The van der Waals surface area contributed by atoms with Gasteiger partial charge < -0.3 is 9.26 Å². The highest BCUT2D eigenvalue weighted by Crippen LogP contribution is 2.22. The van der Waals surface area contributed by atoms with Crippen molar-refractivity contribution in [1.82, 2.24) is 19.5 Å². The van der Waals surface area contributed by atoms with E-state index in [-0.39, 0.29) is 12.5 Å². The molecule has 0 aliphatic carbocycles. The molecular weight excluding hydrogens is 376 g/mol. The zero-order valence-corrected chi connectivity index (χ0v) is 14.8. The fraction of sp³-hybridized carbons (Fsp3) is 0.0588. The second-order valence-corrected chi connectivity index (χ2v) is 6.39. The van der Waals surface area contributed by atoms with Gasteiger partial charge in [0.2, 0.25) is 5.82 Å². The largest absolute Gasteiger partial charge is 0.452 e. The van der Waals surface area contributed by atoms with Crippen LogP contribution >= 0.6 is 22.9 Å². The summed E-state index contributed by atoms with van der Waals surface area (Å²) in [4.78, 5) is 21.0. The Morgan fingerprint density at radius 2 is 2.15 bits per heavy atom. The number of halogens is 1. The van der Waals surface area contributed by atoms with E-state index in [9.17, 15) is 4.79 Å². The smallest absolute Gasteiger partial charge is 0.331 e. The first kappa shape index (κ1) is 16.5. The topological polar surface area (TPSA) is 82.5 Å². The van der Waals surface area contributed by atoms with Crippen LogP contribution in [-0.2, 0) is 16.1 Å². The molecule has 0 radical (unpaired) electrons. The third-order valence-corrected chi connectivity index (χ3v) is 4.50. The van der Waals surface area contributed by atoms with Gasteiger partial charge in [0.05, 0.1) is 5.69 Å². The lowest BCUT2D eigenvalue weighted by Crippen LogP contribution is -2.01. The molecule has 0 bridgehead atoms. The van der Waals surface area contributed by atoms with Crippen molar-refractivity contribution < 1.29 is 14.1 Å². The maximum absolute atomic E-state index is 11.9. The Labute approximate surface area is 156 Å². The molecule has 1 aromatic carbocycles. The van der Waals surface area contributed by atoms with Gasteiger partial charge in [-0.2, -0.15) is 4.98 Å². The van der Waals surface area contributed by atoms with Crippen molar-refractivity contribution in [3.8, 4) is 11.4 Å². The maximum Gasteiger partial charge on any atom is 0.331 e. The Morgan fingerprint density at radius 3 is 3.00 bits per heavy atom. The fourth-order valence-corrected chi connectivity index (χ4v) is 3.28. The van der Waals surface area contributed by atoms with Gasteiger partial charge in [0.25, 0.3) is 5.89 Å². The molecule has 26 heavy (non-hydrogen) atoms. The second-order valence-electron chi connectivity index (χ2n) is 5.16.